The molecule has 0 saturated heterocycles. The average molecular weight is 363 g/mol. The highest BCUT2D eigenvalue weighted by Crippen LogP contribution is 2.23. The number of amides is 1. The summed E-state index contributed by atoms with van der Waals surface area (Å²) >= 11 is 0. The third-order valence-electron chi connectivity index (χ3n) is 4.84. The Morgan fingerprint density at radius 3 is 2.30 bits per heavy atom. The number of benzene rings is 3. The number of aromatic hydroxyl groups is 1. The van der Waals surface area contributed by atoms with Crippen molar-refractivity contribution < 1.29 is 19.8 Å². The van der Waals surface area contributed by atoms with Gasteiger partial charge in [-0.25, -0.2) is 4.79 Å². The second-order valence-electron chi connectivity index (χ2n) is 6.56. The molecule has 0 aromatic heterocycles. The summed E-state index contributed by atoms with van der Waals surface area (Å²) in [5.74, 6) is -1.41. The van der Waals surface area contributed by atoms with E-state index in [0.717, 1.165) is 16.3 Å². The topological polar surface area (TPSA) is 86.6 Å². The third kappa shape index (κ3) is 3.77. The lowest BCUT2D eigenvalue weighted by Gasteiger charge is -2.30. The minimum absolute atomic E-state index is 0.107. The Labute approximate surface area is 157 Å². The lowest BCUT2D eigenvalue weighted by Crippen LogP contribution is -2.55. The Bertz CT molecular complexity index is 976. The number of rotatable bonds is 6. The van der Waals surface area contributed by atoms with Crippen molar-refractivity contribution in [2.24, 2.45) is 0 Å². The van der Waals surface area contributed by atoms with Gasteiger partial charge in [0.25, 0.3) is 5.91 Å². The SMILES string of the molecule is CC[C@@](Cc1ccc(O)cc1)(NC(=O)c1cccc2ccccc12)C(=O)O. The van der Waals surface area contributed by atoms with Crippen LogP contribution in [0.2, 0.25) is 0 Å². The van der Waals surface area contributed by atoms with Crippen LogP contribution in [0.5, 0.6) is 5.75 Å². The van der Waals surface area contributed by atoms with E-state index in [0.29, 0.717) is 5.56 Å². The van der Waals surface area contributed by atoms with Crippen LogP contribution in [0.25, 0.3) is 10.8 Å². The summed E-state index contributed by atoms with van der Waals surface area (Å²) in [7, 11) is 0. The van der Waals surface area contributed by atoms with E-state index in [1.54, 1.807) is 31.2 Å². The zero-order valence-electron chi connectivity index (χ0n) is 15.0. The van der Waals surface area contributed by atoms with Crippen molar-refractivity contribution in [2.45, 2.75) is 25.3 Å². The molecule has 0 aliphatic heterocycles. The number of phenolic OH excluding ortho intramolecular Hbond substituents is 1. The summed E-state index contributed by atoms with van der Waals surface area (Å²) in [6.07, 6.45) is 0.343. The zero-order chi connectivity index (χ0) is 19.4. The zero-order valence-corrected chi connectivity index (χ0v) is 15.0. The Balaban J connectivity index is 1.95. The number of hydrogen-bond acceptors (Lipinski definition) is 3. The van der Waals surface area contributed by atoms with Crippen LogP contribution in [0.15, 0.2) is 66.7 Å². The minimum Gasteiger partial charge on any atom is -0.508 e. The van der Waals surface area contributed by atoms with E-state index in [1.807, 2.05) is 30.3 Å². The fourth-order valence-corrected chi connectivity index (χ4v) is 3.21. The molecular formula is C22H21NO4. The van der Waals surface area contributed by atoms with Gasteiger partial charge in [0.15, 0.2) is 0 Å². The molecule has 0 saturated carbocycles. The lowest BCUT2D eigenvalue weighted by atomic mass is 9.87. The molecule has 0 heterocycles. The summed E-state index contributed by atoms with van der Waals surface area (Å²) < 4.78 is 0. The van der Waals surface area contributed by atoms with Crippen LogP contribution < -0.4 is 5.32 Å². The molecule has 0 unspecified atom stereocenters. The molecule has 0 spiro atoms. The maximum atomic E-state index is 13.0. The number of hydrogen-bond donors (Lipinski definition) is 3. The highest BCUT2D eigenvalue weighted by molar-refractivity contribution is 6.08. The first-order valence-corrected chi connectivity index (χ1v) is 8.77. The average Bonchev–Trinajstić information content (AvgIpc) is 2.68. The Morgan fingerprint density at radius 1 is 0.963 bits per heavy atom. The van der Waals surface area contributed by atoms with Crippen molar-refractivity contribution >= 4 is 22.6 Å². The van der Waals surface area contributed by atoms with Gasteiger partial charge in [-0.15, -0.1) is 0 Å². The quantitative estimate of drug-likeness (QED) is 0.622. The van der Waals surface area contributed by atoms with Gasteiger partial charge in [0.2, 0.25) is 0 Å². The van der Waals surface area contributed by atoms with Crippen molar-refractivity contribution in [3.63, 3.8) is 0 Å². The number of phenols is 1. The molecule has 1 atom stereocenters. The smallest absolute Gasteiger partial charge is 0.329 e. The molecule has 3 N–H and O–H groups in total. The van der Waals surface area contributed by atoms with Gasteiger partial charge in [0.05, 0.1) is 0 Å². The molecule has 0 bridgehead atoms. The summed E-state index contributed by atoms with van der Waals surface area (Å²) in [5.41, 5.74) is -0.279. The molecule has 0 radical (unpaired) electrons. The Morgan fingerprint density at radius 2 is 1.63 bits per heavy atom. The van der Waals surface area contributed by atoms with Gasteiger partial charge in [0, 0.05) is 12.0 Å². The van der Waals surface area contributed by atoms with Crippen molar-refractivity contribution in [3.8, 4) is 5.75 Å². The van der Waals surface area contributed by atoms with Crippen LogP contribution >= 0.6 is 0 Å². The molecule has 3 aromatic carbocycles. The molecule has 3 aromatic rings. The first-order chi connectivity index (χ1) is 12.9. The number of carboxylic acids is 1. The van der Waals surface area contributed by atoms with E-state index < -0.39 is 17.4 Å². The van der Waals surface area contributed by atoms with Gasteiger partial charge in [0.1, 0.15) is 11.3 Å². The molecule has 0 aliphatic rings. The lowest BCUT2D eigenvalue weighted by molar-refractivity contribution is -0.144. The first-order valence-electron chi connectivity index (χ1n) is 8.77. The van der Waals surface area contributed by atoms with E-state index in [1.165, 1.54) is 12.1 Å². The molecule has 0 aliphatic carbocycles. The minimum atomic E-state index is -1.44. The number of carboxylic acid groups (broad SMARTS) is 1. The van der Waals surface area contributed by atoms with Gasteiger partial charge in [-0.05, 0) is 41.0 Å². The second kappa shape index (κ2) is 7.50. The molecule has 5 heteroatoms. The van der Waals surface area contributed by atoms with Crippen LogP contribution in [-0.4, -0.2) is 27.6 Å². The predicted molar refractivity (Wildman–Crippen MR) is 104 cm³/mol. The van der Waals surface area contributed by atoms with Crippen LogP contribution in [0.1, 0.15) is 29.3 Å². The molecule has 3 rings (SSSR count). The molecule has 5 nitrogen and oxygen atoms in total. The fourth-order valence-electron chi connectivity index (χ4n) is 3.21. The van der Waals surface area contributed by atoms with E-state index in [4.69, 9.17) is 0 Å². The van der Waals surface area contributed by atoms with Crippen LogP contribution in [-0.2, 0) is 11.2 Å². The molecular weight excluding hydrogens is 342 g/mol. The van der Waals surface area contributed by atoms with Crippen molar-refractivity contribution in [1.82, 2.24) is 5.32 Å². The van der Waals surface area contributed by atoms with Crippen LogP contribution in [0, 0.1) is 0 Å². The molecule has 27 heavy (non-hydrogen) atoms. The van der Waals surface area contributed by atoms with Crippen molar-refractivity contribution in [3.05, 3.63) is 77.9 Å². The van der Waals surface area contributed by atoms with E-state index in [2.05, 4.69) is 5.32 Å². The third-order valence-corrected chi connectivity index (χ3v) is 4.84. The highest BCUT2D eigenvalue weighted by atomic mass is 16.4. The van der Waals surface area contributed by atoms with Crippen LogP contribution in [0.3, 0.4) is 0 Å². The van der Waals surface area contributed by atoms with Gasteiger partial charge in [-0.1, -0.05) is 55.5 Å². The Kier molecular flexibility index (Phi) is 5.12. The summed E-state index contributed by atoms with van der Waals surface area (Å²) in [6, 6.07) is 19.2. The molecule has 138 valence electrons. The molecule has 1 amide bonds. The van der Waals surface area contributed by atoms with Gasteiger partial charge in [-0.2, -0.15) is 0 Å². The predicted octanol–water partition coefficient (Wildman–Crippen LogP) is 3.75. The number of carbonyl (C=O) groups excluding carboxylic acids is 1. The normalized spacial score (nSPS) is 13.1. The van der Waals surface area contributed by atoms with Gasteiger partial charge < -0.3 is 15.5 Å². The van der Waals surface area contributed by atoms with Gasteiger partial charge >= 0.3 is 5.97 Å². The monoisotopic (exact) mass is 363 g/mol. The summed E-state index contributed by atoms with van der Waals surface area (Å²) in [6.45, 7) is 1.73. The van der Waals surface area contributed by atoms with E-state index in [9.17, 15) is 19.8 Å². The number of nitrogens with one attached hydrogen (secondary N) is 1. The number of fused-ring (bicyclic) bond motifs is 1. The molecule has 0 fully saturated rings. The number of carbonyl (C=O) groups is 2. The summed E-state index contributed by atoms with van der Waals surface area (Å²) in [4.78, 5) is 25.1. The first kappa shape index (κ1) is 18.5. The van der Waals surface area contributed by atoms with E-state index in [-0.39, 0.29) is 18.6 Å². The van der Waals surface area contributed by atoms with Crippen molar-refractivity contribution in [2.75, 3.05) is 0 Å². The largest absolute Gasteiger partial charge is 0.508 e. The standard InChI is InChI=1S/C22H21NO4/c1-2-22(21(26)27,14-15-10-12-17(24)13-11-15)23-20(25)19-9-5-7-16-6-3-4-8-18(16)19/h3-13,24H,2,14H2,1H3,(H,23,25)(H,26,27)/t22-/m0/s1. The maximum Gasteiger partial charge on any atom is 0.329 e. The van der Waals surface area contributed by atoms with Gasteiger partial charge in [-0.3, -0.25) is 4.79 Å². The Hall–Kier alpha value is -3.34. The number of aliphatic carboxylic acids is 1. The second-order valence-corrected chi connectivity index (χ2v) is 6.56. The maximum absolute atomic E-state index is 13.0. The highest BCUT2D eigenvalue weighted by Gasteiger charge is 2.39. The van der Waals surface area contributed by atoms with Crippen LogP contribution in [0.4, 0.5) is 0 Å². The van der Waals surface area contributed by atoms with E-state index >= 15 is 0 Å². The summed E-state index contributed by atoms with van der Waals surface area (Å²) in [5, 5.41) is 23.8. The van der Waals surface area contributed by atoms with Crippen molar-refractivity contribution in [1.29, 1.82) is 0 Å². The fraction of sp³-hybridized carbons (Fsp3) is 0.182.